The Morgan fingerprint density at radius 3 is 2.76 bits per heavy atom. The first-order chi connectivity index (χ1) is 12.2. The summed E-state index contributed by atoms with van der Waals surface area (Å²) >= 11 is 1.54. The SMILES string of the molecule is O=C(Cc1cccs1)NCc1cc2cc3c(cc2[nH]c1=O)OCCO3. The zero-order valence-electron chi connectivity index (χ0n) is 13.3. The number of carbonyl (C=O) groups excluding carboxylic acids is 1. The van der Waals surface area contributed by atoms with Crippen LogP contribution in [0.5, 0.6) is 11.5 Å². The van der Waals surface area contributed by atoms with Crippen LogP contribution in [0.25, 0.3) is 10.9 Å². The van der Waals surface area contributed by atoms with Gasteiger partial charge in [0.05, 0.1) is 11.9 Å². The van der Waals surface area contributed by atoms with E-state index >= 15 is 0 Å². The highest BCUT2D eigenvalue weighted by Gasteiger charge is 2.14. The lowest BCUT2D eigenvalue weighted by atomic mass is 10.1. The Labute approximate surface area is 147 Å². The van der Waals surface area contributed by atoms with E-state index in [9.17, 15) is 9.59 Å². The van der Waals surface area contributed by atoms with Gasteiger partial charge in [-0.05, 0) is 23.6 Å². The van der Waals surface area contributed by atoms with Crippen LogP contribution in [0, 0.1) is 0 Å². The maximum absolute atomic E-state index is 12.3. The Morgan fingerprint density at radius 2 is 2.00 bits per heavy atom. The van der Waals surface area contributed by atoms with Crippen LogP contribution < -0.4 is 20.3 Å². The molecule has 0 atom stereocenters. The lowest BCUT2D eigenvalue weighted by molar-refractivity contribution is -0.120. The number of rotatable bonds is 4. The second-order valence-corrected chi connectivity index (χ2v) is 6.77. The molecule has 0 bridgehead atoms. The first-order valence-corrected chi connectivity index (χ1v) is 8.81. The van der Waals surface area contributed by atoms with Gasteiger partial charge in [0, 0.05) is 28.4 Å². The van der Waals surface area contributed by atoms with Crippen LogP contribution in [0.15, 0.2) is 40.5 Å². The van der Waals surface area contributed by atoms with Crippen LogP contribution in [-0.4, -0.2) is 24.1 Å². The molecule has 0 radical (unpaired) electrons. The van der Waals surface area contributed by atoms with Gasteiger partial charge in [-0.1, -0.05) is 6.07 Å². The number of H-pyrrole nitrogens is 1. The molecule has 2 aromatic heterocycles. The van der Waals surface area contributed by atoms with Crippen molar-refractivity contribution in [1.82, 2.24) is 10.3 Å². The topological polar surface area (TPSA) is 80.4 Å². The van der Waals surface area contributed by atoms with Gasteiger partial charge in [-0.3, -0.25) is 9.59 Å². The van der Waals surface area contributed by atoms with Crippen LogP contribution >= 0.6 is 11.3 Å². The second kappa shape index (κ2) is 6.60. The fourth-order valence-corrected chi connectivity index (χ4v) is 3.45. The molecule has 3 aromatic rings. The van der Waals surface area contributed by atoms with E-state index in [1.807, 2.05) is 23.6 Å². The fourth-order valence-electron chi connectivity index (χ4n) is 2.75. The van der Waals surface area contributed by atoms with Gasteiger partial charge in [0.15, 0.2) is 11.5 Å². The van der Waals surface area contributed by atoms with E-state index in [1.165, 1.54) is 11.3 Å². The molecular weight excluding hydrogens is 340 g/mol. The minimum Gasteiger partial charge on any atom is -0.486 e. The monoisotopic (exact) mass is 356 g/mol. The average Bonchev–Trinajstić information content (AvgIpc) is 3.11. The summed E-state index contributed by atoms with van der Waals surface area (Å²) in [5, 5.41) is 5.57. The average molecular weight is 356 g/mol. The van der Waals surface area contributed by atoms with Crippen molar-refractivity contribution in [3.8, 4) is 11.5 Å². The van der Waals surface area contributed by atoms with Crippen molar-refractivity contribution in [3.63, 3.8) is 0 Å². The molecule has 1 amide bonds. The van der Waals surface area contributed by atoms with E-state index in [0.29, 0.717) is 42.2 Å². The summed E-state index contributed by atoms with van der Waals surface area (Å²) in [5.74, 6) is 1.19. The van der Waals surface area contributed by atoms with Gasteiger partial charge in [0.1, 0.15) is 13.2 Å². The predicted molar refractivity (Wildman–Crippen MR) is 95.4 cm³/mol. The third-order valence-electron chi connectivity index (χ3n) is 3.97. The maximum Gasteiger partial charge on any atom is 0.253 e. The summed E-state index contributed by atoms with van der Waals surface area (Å²) in [5.41, 5.74) is 0.965. The third-order valence-corrected chi connectivity index (χ3v) is 4.85. The first kappa shape index (κ1) is 15.7. The van der Waals surface area contributed by atoms with Crippen molar-refractivity contribution >= 4 is 28.1 Å². The van der Waals surface area contributed by atoms with Crippen molar-refractivity contribution in [2.75, 3.05) is 13.2 Å². The van der Waals surface area contributed by atoms with Crippen molar-refractivity contribution in [1.29, 1.82) is 0 Å². The third kappa shape index (κ3) is 3.36. The van der Waals surface area contributed by atoms with Gasteiger partial charge in [-0.25, -0.2) is 0 Å². The number of benzene rings is 1. The van der Waals surface area contributed by atoms with Crippen LogP contribution in [0.1, 0.15) is 10.4 Å². The van der Waals surface area contributed by atoms with Crippen LogP contribution in [0.3, 0.4) is 0 Å². The lowest BCUT2D eigenvalue weighted by Crippen LogP contribution is -2.27. The van der Waals surface area contributed by atoms with Crippen molar-refractivity contribution in [2.45, 2.75) is 13.0 Å². The van der Waals surface area contributed by atoms with Gasteiger partial charge < -0.3 is 19.8 Å². The van der Waals surface area contributed by atoms with Gasteiger partial charge >= 0.3 is 0 Å². The first-order valence-electron chi connectivity index (χ1n) is 7.94. The number of nitrogens with one attached hydrogen (secondary N) is 2. The molecule has 1 aliphatic heterocycles. The smallest absolute Gasteiger partial charge is 0.253 e. The molecule has 2 N–H and O–H groups in total. The minimum absolute atomic E-state index is 0.107. The molecule has 0 aliphatic carbocycles. The van der Waals surface area contributed by atoms with Crippen molar-refractivity contribution < 1.29 is 14.3 Å². The summed E-state index contributed by atoms with van der Waals surface area (Å²) in [6.45, 7) is 1.19. The standard InChI is InChI=1S/C18H16N2O4S/c21-17(8-13-2-1-5-25-13)19-10-12-6-11-7-15-16(24-4-3-23-15)9-14(11)20-18(12)22/h1-2,5-7,9H,3-4,8,10H2,(H,19,21)(H,20,22). The molecule has 0 spiro atoms. The number of amides is 1. The van der Waals surface area contributed by atoms with Crippen LogP contribution in [0.4, 0.5) is 0 Å². The van der Waals surface area contributed by atoms with Crippen LogP contribution in [-0.2, 0) is 17.8 Å². The van der Waals surface area contributed by atoms with Crippen molar-refractivity contribution in [3.05, 3.63) is 56.5 Å². The summed E-state index contributed by atoms with van der Waals surface area (Å²) in [7, 11) is 0. The Morgan fingerprint density at radius 1 is 1.20 bits per heavy atom. The largest absolute Gasteiger partial charge is 0.486 e. The summed E-state index contributed by atoms with van der Waals surface area (Å²) in [4.78, 5) is 28.1. The Bertz CT molecular complexity index is 979. The van der Waals surface area contributed by atoms with Gasteiger partial charge in [-0.15, -0.1) is 11.3 Å². The highest BCUT2D eigenvalue weighted by molar-refractivity contribution is 7.10. The zero-order valence-corrected chi connectivity index (χ0v) is 14.2. The number of pyridine rings is 1. The Hall–Kier alpha value is -2.80. The molecule has 1 aromatic carbocycles. The molecule has 6 nitrogen and oxygen atoms in total. The number of aromatic amines is 1. The molecule has 0 saturated carbocycles. The molecule has 0 saturated heterocycles. The highest BCUT2D eigenvalue weighted by Crippen LogP contribution is 2.33. The molecule has 3 heterocycles. The molecule has 128 valence electrons. The molecular formula is C18H16N2O4S. The molecule has 0 unspecified atom stereocenters. The van der Waals surface area contributed by atoms with Crippen molar-refractivity contribution in [2.24, 2.45) is 0 Å². The summed E-state index contributed by atoms with van der Waals surface area (Å²) < 4.78 is 11.1. The lowest BCUT2D eigenvalue weighted by Gasteiger charge is -2.18. The zero-order chi connectivity index (χ0) is 17.2. The van der Waals surface area contributed by atoms with E-state index in [4.69, 9.17) is 9.47 Å². The highest BCUT2D eigenvalue weighted by atomic mass is 32.1. The number of ether oxygens (including phenoxy) is 2. The van der Waals surface area contributed by atoms with Crippen LogP contribution in [0.2, 0.25) is 0 Å². The normalized spacial score (nSPS) is 13.0. The summed E-state index contributed by atoms with van der Waals surface area (Å²) in [6.07, 6.45) is 0.321. The number of hydrogen-bond acceptors (Lipinski definition) is 5. The molecule has 7 heteroatoms. The number of aromatic nitrogens is 1. The van der Waals surface area contributed by atoms with E-state index in [-0.39, 0.29) is 18.0 Å². The number of fused-ring (bicyclic) bond motifs is 2. The van der Waals surface area contributed by atoms with E-state index in [1.54, 1.807) is 12.1 Å². The Kier molecular flexibility index (Phi) is 4.15. The van der Waals surface area contributed by atoms with E-state index < -0.39 is 0 Å². The molecule has 25 heavy (non-hydrogen) atoms. The maximum atomic E-state index is 12.3. The van der Waals surface area contributed by atoms with Gasteiger partial charge in [0.2, 0.25) is 5.91 Å². The van der Waals surface area contributed by atoms with Gasteiger partial charge in [-0.2, -0.15) is 0 Å². The van der Waals surface area contributed by atoms with E-state index in [0.717, 1.165) is 10.3 Å². The molecule has 0 fully saturated rings. The summed E-state index contributed by atoms with van der Waals surface area (Å²) in [6, 6.07) is 9.21. The quantitative estimate of drug-likeness (QED) is 0.751. The number of hydrogen-bond donors (Lipinski definition) is 2. The fraction of sp³-hybridized carbons (Fsp3) is 0.222. The minimum atomic E-state index is -0.222. The molecule has 1 aliphatic rings. The second-order valence-electron chi connectivity index (χ2n) is 5.74. The molecule has 4 rings (SSSR count). The Balaban J connectivity index is 1.54. The number of carbonyl (C=O) groups is 1. The van der Waals surface area contributed by atoms with Gasteiger partial charge in [0.25, 0.3) is 5.56 Å². The predicted octanol–water partition coefficient (Wildman–Crippen LogP) is 2.22. The number of thiophene rings is 1. The van der Waals surface area contributed by atoms with E-state index in [2.05, 4.69) is 10.3 Å².